The van der Waals surface area contributed by atoms with Crippen LogP contribution in [-0.2, 0) is 14.3 Å². The first kappa shape index (κ1) is 16.6. The average Bonchev–Trinajstić information content (AvgIpc) is 2.26. The Morgan fingerprint density at radius 3 is 2.38 bits per heavy atom. The Kier molecular flexibility index (Phi) is 11.6. The molecule has 6 nitrogen and oxygen atoms in total. The molecule has 0 fully saturated rings. The van der Waals surface area contributed by atoms with Crippen LogP contribution in [0.1, 0.15) is 13.8 Å². The summed E-state index contributed by atoms with van der Waals surface area (Å²) >= 11 is 0. The lowest BCUT2D eigenvalue weighted by atomic mass is 10.4. The van der Waals surface area contributed by atoms with Gasteiger partial charge in [-0.25, -0.2) is 4.79 Å². The molecule has 2 amide bonds. The Labute approximate surface area is 95.0 Å². The van der Waals surface area contributed by atoms with E-state index in [-0.39, 0.29) is 25.1 Å². The molecule has 16 heavy (non-hydrogen) atoms. The van der Waals surface area contributed by atoms with Gasteiger partial charge in [-0.2, -0.15) is 0 Å². The highest BCUT2D eigenvalue weighted by molar-refractivity contribution is 5.86. The summed E-state index contributed by atoms with van der Waals surface area (Å²) in [5, 5.41) is 5.03. The minimum atomic E-state index is -0.479. The summed E-state index contributed by atoms with van der Waals surface area (Å²) < 4.78 is 4.75. The Bertz CT molecular complexity index is 229. The molecule has 0 unspecified atom stereocenters. The number of amides is 2. The summed E-state index contributed by atoms with van der Waals surface area (Å²) in [4.78, 5) is 29.6. The summed E-state index contributed by atoms with van der Waals surface area (Å²) in [7, 11) is 0. The molecule has 0 saturated heterocycles. The predicted octanol–water partition coefficient (Wildman–Crippen LogP) is 0.238. The van der Waals surface area contributed by atoms with Gasteiger partial charge in [0.1, 0.15) is 13.4 Å². The van der Waals surface area contributed by atoms with Gasteiger partial charge < -0.3 is 20.2 Å². The van der Waals surface area contributed by atoms with Gasteiger partial charge in [-0.3, -0.25) is 4.79 Å². The van der Waals surface area contributed by atoms with Crippen molar-refractivity contribution < 1.29 is 19.1 Å². The molecule has 0 atom stereocenters. The summed E-state index contributed by atoms with van der Waals surface area (Å²) in [6.07, 6.45) is 0.682. The molecule has 92 valence electrons. The molecule has 0 bridgehead atoms. The third-order valence-corrected chi connectivity index (χ3v) is 1.23. The van der Waals surface area contributed by atoms with Crippen LogP contribution in [-0.4, -0.2) is 38.0 Å². The van der Waals surface area contributed by atoms with Crippen LogP contribution in [0.15, 0.2) is 12.7 Å². The van der Waals surface area contributed by atoms with Crippen LogP contribution in [0.3, 0.4) is 0 Å². The Hall–Kier alpha value is -1.85. The molecule has 0 aliphatic rings. The smallest absolute Gasteiger partial charge is 0.407 e. The molecule has 0 aromatic rings. The van der Waals surface area contributed by atoms with Crippen LogP contribution >= 0.6 is 0 Å². The zero-order chi connectivity index (χ0) is 13.0. The second-order valence-corrected chi connectivity index (χ2v) is 2.93. The van der Waals surface area contributed by atoms with E-state index in [2.05, 4.69) is 17.2 Å². The highest BCUT2D eigenvalue weighted by Gasteiger charge is 2.02. The van der Waals surface area contributed by atoms with Crippen LogP contribution in [0.4, 0.5) is 4.79 Å². The van der Waals surface area contributed by atoms with E-state index in [1.807, 2.05) is 20.6 Å². The van der Waals surface area contributed by atoms with E-state index < -0.39 is 6.09 Å². The number of hydrogen-bond donors (Lipinski definition) is 2. The van der Waals surface area contributed by atoms with E-state index in [1.165, 1.54) is 0 Å². The van der Waals surface area contributed by atoms with Crippen LogP contribution in [0.2, 0.25) is 0 Å². The van der Waals surface area contributed by atoms with Crippen molar-refractivity contribution in [2.45, 2.75) is 19.9 Å². The van der Waals surface area contributed by atoms with Crippen molar-refractivity contribution in [2.24, 2.45) is 0 Å². The van der Waals surface area contributed by atoms with E-state index in [9.17, 15) is 9.59 Å². The van der Waals surface area contributed by atoms with Gasteiger partial charge in [0, 0.05) is 6.04 Å². The van der Waals surface area contributed by atoms with Crippen molar-refractivity contribution in [2.75, 3.05) is 13.2 Å². The van der Waals surface area contributed by atoms with E-state index >= 15 is 0 Å². The highest BCUT2D eigenvalue weighted by atomic mass is 16.5. The maximum absolute atomic E-state index is 10.9. The van der Waals surface area contributed by atoms with Gasteiger partial charge in [-0.15, -0.1) is 0 Å². The third kappa shape index (κ3) is 12.2. The lowest BCUT2D eigenvalue weighted by molar-refractivity contribution is -0.116. The minimum Gasteiger partial charge on any atom is -0.448 e. The lowest BCUT2D eigenvalue weighted by Gasteiger charge is -2.09. The van der Waals surface area contributed by atoms with Crippen LogP contribution in [0.25, 0.3) is 0 Å². The zero-order valence-corrected chi connectivity index (χ0v) is 9.62. The number of carbonyl (C=O) groups excluding carboxylic acids is 3. The molecular weight excluding hydrogens is 212 g/mol. The summed E-state index contributed by atoms with van der Waals surface area (Å²) in [5.74, 6) is -0.280. The largest absolute Gasteiger partial charge is 0.448 e. The fraction of sp³-hybridized carbons (Fsp3) is 0.500. The molecule has 0 aliphatic carbocycles. The highest BCUT2D eigenvalue weighted by Crippen LogP contribution is 1.81. The van der Waals surface area contributed by atoms with E-state index in [0.29, 0.717) is 0 Å². The standard InChI is InChI=1S/C9H16N2O3.CH2O/c1-4-8(12)10-5-6-14-9(13)11-7(2)3;1-2/h4,7H,1,5-6H2,2-3H3,(H,10,12)(H,11,13);1H2. The summed E-state index contributed by atoms with van der Waals surface area (Å²) in [5.41, 5.74) is 0. The van der Waals surface area contributed by atoms with Crippen LogP contribution < -0.4 is 10.6 Å². The second kappa shape index (κ2) is 11.2. The van der Waals surface area contributed by atoms with Gasteiger partial charge in [-0.05, 0) is 19.9 Å². The van der Waals surface area contributed by atoms with Gasteiger partial charge in [-0.1, -0.05) is 6.58 Å². The average molecular weight is 230 g/mol. The number of hydrogen-bond acceptors (Lipinski definition) is 4. The molecule has 0 aromatic carbocycles. The zero-order valence-electron chi connectivity index (χ0n) is 9.62. The second-order valence-electron chi connectivity index (χ2n) is 2.93. The maximum Gasteiger partial charge on any atom is 0.407 e. The molecular formula is C10H18N2O4. The van der Waals surface area contributed by atoms with Gasteiger partial charge in [0.25, 0.3) is 0 Å². The molecule has 0 rings (SSSR count). The first-order valence-electron chi connectivity index (χ1n) is 4.68. The molecule has 0 saturated carbocycles. The predicted molar refractivity (Wildman–Crippen MR) is 59.9 cm³/mol. The minimum absolute atomic E-state index is 0.0465. The van der Waals surface area contributed by atoms with Gasteiger partial charge >= 0.3 is 6.09 Å². The number of nitrogens with one attached hydrogen (secondary N) is 2. The quantitative estimate of drug-likeness (QED) is 0.523. The fourth-order valence-corrected chi connectivity index (χ4v) is 0.667. The molecule has 6 heteroatoms. The van der Waals surface area contributed by atoms with E-state index in [4.69, 9.17) is 9.53 Å². The van der Waals surface area contributed by atoms with Crippen molar-refractivity contribution in [1.29, 1.82) is 0 Å². The van der Waals surface area contributed by atoms with Crippen molar-refractivity contribution in [3.8, 4) is 0 Å². The third-order valence-electron chi connectivity index (χ3n) is 1.23. The van der Waals surface area contributed by atoms with Crippen molar-refractivity contribution in [1.82, 2.24) is 10.6 Å². The Balaban J connectivity index is 0. The van der Waals surface area contributed by atoms with Gasteiger partial charge in [0.2, 0.25) is 5.91 Å². The van der Waals surface area contributed by atoms with Gasteiger partial charge in [0.15, 0.2) is 0 Å². The molecule has 2 N–H and O–H groups in total. The van der Waals surface area contributed by atoms with Crippen molar-refractivity contribution in [3.05, 3.63) is 12.7 Å². The van der Waals surface area contributed by atoms with Crippen molar-refractivity contribution in [3.63, 3.8) is 0 Å². The van der Waals surface area contributed by atoms with Crippen LogP contribution in [0.5, 0.6) is 0 Å². The number of alkyl carbamates (subject to hydrolysis) is 1. The molecule has 0 heterocycles. The fourth-order valence-electron chi connectivity index (χ4n) is 0.667. The van der Waals surface area contributed by atoms with E-state index in [1.54, 1.807) is 0 Å². The molecule has 0 aliphatic heterocycles. The normalized spacial score (nSPS) is 8.44. The number of rotatable bonds is 5. The Morgan fingerprint density at radius 1 is 1.38 bits per heavy atom. The molecule has 0 radical (unpaired) electrons. The number of carbonyl (C=O) groups is 3. The van der Waals surface area contributed by atoms with E-state index in [0.717, 1.165) is 6.08 Å². The lowest BCUT2D eigenvalue weighted by Crippen LogP contribution is -2.33. The summed E-state index contributed by atoms with van der Waals surface area (Å²) in [6.45, 7) is 9.39. The first-order valence-corrected chi connectivity index (χ1v) is 4.68. The summed E-state index contributed by atoms with van der Waals surface area (Å²) in [6, 6.07) is 0.0465. The molecule has 0 spiro atoms. The topological polar surface area (TPSA) is 84.5 Å². The maximum atomic E-state index is 10.9. The first-order chi connectivity index (χ1) is 7.56. The van der Waals surface area contributed by atoms with Gasteiger partial charge in [0.05, 0.1) is 6.54 Å². The Morgan fingerprint density at radius 2 is 1.94 bits per heavy atom. The molecule has 0 aromatic heterocycles. The SMILES string of the molecule is C=CC(=O)NCCOC(=O)NC(C)C.C=O. The van der Waals surface area contributed by atoms with Crippen molar-refractivity contribution >= 4 is 18.8 Å². The van der Waals surface area contributed by atoms with Crippen LogP contribution in [0, 0.1) is 0 Å². The monoisotopic (exact) mass is 230 g/mol. The number of ether oxygens (including phenoxy) is 1.